The molecule has 3 unspecified atom stereocenters. The number of aliphatic hydroxyl groups excluding tert-OH is 1. The van der Waals surface area contributed by atoms with Crippen molar-refractivity contribution in [3.8, 4) is 0 Å². The summed E-state index contributed by atoms with van der Waals surface area (Å²) in [5.74, 6) is 0.334. The highest BCUT2D eigenvalue weighted by Crippen LogP contribution is 2.66. The van der Waals surface area contributed by atoms with Gasteiger partial charge in [0.1, 0.15) is 6.10 Å². The van der Waals surface area contributed by atoms with E-state index in [1.165, 1.54) is 0 Å². The van der Waals surface area contributed by atoms with Gasteiger partial charge in [-0.25, -0.2) is 13.7 Å². The van der Waals surface area contributed by atoms with Crippen LogP contribution in [-0.2, 0) is 31.6 Å². The maximum atomic E-state index is 11.5. The Labute approximate surface area is 130 Å². The standard InChI is InChI=1S/C8H17O12P3/c9-6-3-7(5-1-2-5)18-8(6)4-17-22(13,14)20-23(15,16)19-21(10,11)12/h5-9H,1-4H2,(H,13,14)(H,15,16)(H2,10,11,12)/t6?,7-,8-/m1/s1. The number of hydrogen-bond donors (Lipinski definition) is 5. The van der Waals surface area contributed by atoms with Gasteiger partial charge in [0.05, 0.1) is 18.8 Å². The van der Waals surface area contributed by atoms with Crippen molar-refractivity contribution in [1.29, 1.82) is 0 Å². The second-order valence-corrected chi connectivity index (χ2v) is 9.66. The molecule has 0 aromatic rings. The van der Waals surface area contributed by atoms with Crippen molar-refractivity contribution < 1.29 is 56.3 Å². The highest BCUT2D eigenvalue weighted by atomic mass is 31.3. The molecule has 0 spiro atoms. The zero-order valence-electron chi connectivity index (χ0n) is 11.6. The van der Waals surface area contributed by atoms with Crippen LogP contribution in [0.5, 0.6) is 0 Å². The first-order chi connectivity index (χ1) is 10.4. The predicted octanol–water partition coefficient (Wildman–Crippen LogP) is 0.258. The highest BCUT2D eigenvalue weighted by Gasteiger charge is 2.45. The van der Waals surface area contributed by atoms with Gasteiger partial charge in [-0.2, -0.15) is 8.62 Å². The lowest BCUT2D eigenvalue weighted by atomic mass is 10.1. The van der Waals surface area contributed by atoms with E-state index in [9.17, 15) is 23.7 Å². The molecular weight excluding hydrogens is 381 g/mol. The fourth-order valence-electron chi connectivity index (χ4n) is 2.15. The molecule has 1 saturated carbocycles. The molecule has 23 heavy (non-hydrogen) atoms. The molecule has 2 fully saturated rings. The van der Waals surface area contributed by atoms with Crippen molar-refractivity contribution in [2.24, 2.45) is 5.92 Å². The minimum atomic E-state index is -5.53. The van der Waals surface area contributed by atoms with Crippen LogP contribution in [0.4, 0.5) is 0 Å². The summed E-state index contributed by atoms with van der Waals surface area (Å²) in [5.41, 5.74) is 0. The van der Waals surface area contributed by atoms with E-state index >= 15 is 0 Å². The summed E-state index contributed by atoms with van der Waals surface area (Å²) in [7, 11) is -16.1. The van der Waals surface area contributed by atoms with Crippen molar-refractivity contribution in [3.63, 3.8) is 0 Å². The first kappa shape index (κ1) is 19.7. The Hall–Kier alpha value is 0.330. The van der Waals surface area contributed by atoms with Gasteiger partial charge in [0.25, 0.3) is 0 Å². The highest BCUT2D eigenvalue weighted by molar-refractivity contribution is 7.66. The molecule has 0 amide bonds. The summed E-state index contributed by atoms with van der Waals surface area (Å²) in [6, 6.07) is 0. The number of ether oxygens (including phenoxy) is 1. The molecular formula is C8H17O12P3. The van der Waals surface area contributed by atoms with Crippen LogP contribution in [0.15, 0.2) is 0 Å². The minimum Gasteiger partial charge on any atom is -0.390 e. The van der Waals surface area contributed by atoms with E-state index in [0.29, 0.717) is 12.3 Å². The van der Waals surface area contributed by atoms with Crippen LogP contribution in [0.2, 0.25) is 0 Å². The lowest BCUT2D eigenvalue weighted by Crippen LogP contribution is -2.26. The van der Waals surface area contributed by atoms with Crippen molar-refractivity contribution in [2.75, 3.05) is 6.61 Å². The maximum Gasteiger partial charge on any atom is 0.490 e. The number of phosphoric acid groups is 3. The Balaban J connectivity index is 1.85. The largest absolute Gasteiger partial charge is 0.490 e. The van der Waals surface area contributed by atoms with Crippen LogP contribution in [0.25, 0.3) is 0 Å². The third kappa shape index (κ3) is 6.62. The van der Waals surface area contributed by atoms with Gasteiger partial charge in [-0.3, -0.25) is 4.52 Å². The predicted molar refractivity (Wildman–Crippen MR) is 71.8 cm³/mol. The summed E-state index contributed by atoms with van der Waals surface area (Å²) in [5, 5.41) is 9.77. The Morgan fingerprint density at radius 1 is 1.00 bits per heavy atom. The SMILES string of the molecule is O=P(O)(O)OP(=O)(O)OP(=O)(O)OC[C@H]1O[C@@H](C2CC2)CC1O. The molecule has 2 rings (SSSR count). The Kier molecular flexibility index (Phi) is 5.91. The van der Waals surface area contributed by atoms with E-state index in [1.54, 1.807) is 0 Å². The van der Waals surface area contributed by atoms with Gasteiger partial charge in [0.15, 0.2) is 0 Å². The fraction of sp³-hybridized carbons (Fsp3) is 1.00. The molecule has 1 saturated heterocycles. The Morgan fingerprint density at radius 2 is 1.61 bits per heavy atom. The normalized spacial score (nSPS) is 34.0. The maximum absolute atomic E-state index is 11.5. The van der Waals surface area contributed by atoms with Gasteiger partial charge in [-0.05, 0) is 18.8 Å². The molecule has 1 heterocycles. The zero-order chi connectivity index (χ0) is 17.5. The topological polar surface area (TPSA) is 189 Å². The second kappa shape index (κ2) is 6.92. The van der Waals surface area contributed by atoms with Crippen molar-refractivity contribution in [3.05, 3.63) is 0 Å². The van der Waals surface area contributed by atoms with Crippen LogP contribution in [-0.4, -0.2) is 49.6 Å². The van der Waals surface area contributed by atoms with Crippen molar-refractivity contribution in [1.82, 2.24) is 0 Å². The monoisotopic (exact) mass is 398 g/mol. The summed E-state index contributed by atoms with van der Waals surface area (Å²) in [6.07, 6.45) is 0.243. The van der Waals surface area contributed by atoms with Crippen LogP contribution >= 0.6 is 23.5 Å². The summed E-state index contributed by atoms with van der Waals surface area (Å²) in [6.45, 7) is -0.617. The Morgan fingerprint density at radius 3 is 2.13 bits per heavy atom. The van der Waals surface area contributed by atoms with Crippen molar-refractivity contribution in [2.45, 2.75) is 37.6 Å². The number of hydrogen-bond acceptors (Lipinski definition) is 8. The first-order valence-corrected chi connectivity index (χ1v) is 11.0. The molecule has 15 heteroatoms. The molecule has 5 N–H and O–H groups in total. The number of aliphatic hydroxyl groups is 1. The molecule has 136 valence electrons. The average molecular weight is 398 g/mol. The van der Waals surface area contributed by atoms with Gasteiger partial charge in [-0.1, -0.05) is 0 Å². The quantitative estimate of drug-likeness (QED) is 0.351. The van der Waals surface area contributed by atoms with Crippen molar-refractivity contribution >= 4 is 23.5 Å². The van der Waals surface area contributed by atoms with Gasteiger partial charge < -0.3 is 29.4 Å². The zero-order valence-corrected chi connectivity index (χ0v) is 14.3. The smallest absolute Gasteiger partial charge is 0.390 e. The molecule has 0 radical (unpaired) electrons. The molecule has 1 aliphatic carbocycles. The van der Waals surface area contributed by atoms with E-state index in [1.807, 2.05) is 0 Å². The minimum absolute atomic E-state index is 0.181. The van der Waals surface area contributed by atoms with Crippen LogP contribution in [0, 0.1) is 5.92 Å². The lowest BCUT2D eigenvalue weighted by molar-refractivity contribution is -0.0266. The van der Waals surface area contributed by atoms with Crippen LogP contribution < -0.4 is 0 Å². The molecule has 2 aliphatic rings. The molecule has 12 nitrogen and oxygen atoms in total. The molecule has 0 aromatic carbocycles. The summed E-state index contributed by atoms with van der Waals surface area (Å²) < 4.78 is 50.1. The van der Waals surface area contributed by atoms with E-state index in [2.05, 4.69) is 13.1 Å². The molecule has 5 atom stereocenters. The van der Waals surface area contributed by atoms with E-state index in [4.69, 9.17) is 19.4 Å². The van der Waals surface area contributed by atoms with E-state index < -0.39 is 42.3 Å². The third-order valence-corrected chi connectivity index (χ3v) is 7.02. The third-order valence-electron chi connectivity index (χ3n) is 3.22. The Bertz CT molecular complexity index is 569. The molecule has 1 aliphatic heterocycles. The molecule has 0 aromatic heterocycles. The number of rotatable bonds is 8. The fourth-order valence-corrected chi connectivity index (χ4v) is 5.18. The number of phosphoric ester groups is 1. The lowest BCUT2D eigenvalue weighted by Gasteiger charge is -2.19. The second-order valence-electron chi connectivity index (χ2n) is 5.24. The van der Waals surface area contributed by atoms with Crippen LogP contribution in [0.3, 0.4) is 0 Å². The van der Waals surface area contributed by atoms with Gasteiger partial charge >= 0.3 is 23.5 Å². The van der Waals surface area contributed by atoms with Gasteiger partial charge in [-0.15, -0.1) is 0 Å². The van der Waals surface area contributed by atoms with Gasteiger partial charge in [0, 0.05) is 6.42 Å². The first-order valence-electron chi connectivity index (χ1n) is 6.49. The summed E-state index contributed by atoms with van der Waals surface area (Å²) in [4.78, 5) is 35.0. The molecule has 0 bridgehead atoms. The summed E-state index contributed by atoms with van der Waals surface area (Å²) >= 11 is 0. The van der Waals surface area contributed by atoms with E-state index in [-0.39, 0.29) is 6.10 Å². The van der Waals surface area contributed by atoms with E-state index in [0.717, 1.165) is 12.8 Å². The van der Waals surface area contributed by atoms with Gasteiger partial charge in [0.2, 0.25) is 0 Å². The van der Waals surface area contributed by atoms with Crippen LogP contribution in [0.1, 0.15) is 19.3 Å². The average Bonchev–Trinajstić information content (AvgIpc) is 3.07.